The SMILES string of the molecule is CC(=O)CNC(=O)Nc1cccc(C)c1. The van der Waals surface area contributed by atoms with E-state index >= 15 is 0 Å². The molecule has 4 nitrogen and oxygen atoms in total. The number of amides is 2. The van der Waals surface area contributed by atoms with E-state index in [1.54, 1.807) is 6.07 Å². The van der Waals surface area contributed by atoms with Crippen molar-refractivity contribution in [1.82, 2.24) is 5.32 Å². The summed E-state index contributed by atoms with van der Waals surface area (Å²) in [6, 6.07) is 7.08. The second kappa shape index (κ2) is 5.14. The minimum absolute atomic E-state index is 0.0532. The molecule has 0 bridgehead atoms. The van der Waals surface area contributed by atoms with Crippen LogP contribution >= 0.6 is 0 Å². The molecule has 0 heterocycles. The number of hydrogen-bond acceptors (Lipinski definition) is 2. The standard InChI is InChI=1S/C11H14N2O2/c1-8-4-3-5-10(6-8)13-11(15)12-7-9(2)14/h3-6H,7H2,1-2H3,(H2,12,13,15). The fourth-order valence-electron chi connectivity index (χ4n) is 1.10. The first-order valence-electron chi connectivity index (χ1n) is 4.69. The lowest BCUT2D eigenvalue weighted by molar-refractivity contribution is -0.116. The predicted molar refractivity (Wildman–Crippen MR) is 58.9 cm³/mol. The molecule has 0 atom stereocenters. The Kier molecular flexibility index (Phi) is 3.85. The van der Waals surface area contributed by atoms with Crippen LogP contribution in [0.1, 0.15) is 12.5 Å². The molecule has 0 aliphatic heterocycles. The Bertz CT molecular complexity index is 375. The zero-order valence-electron chi connectivity index (χ0n) is 8.83. The van der Waals surface area contributed by atoms with Crippen molar-refractivity contribution >= 4 is 17.5 Å². The summed E-state index contributed by atoms with van der Waals surface area (Å²) in [4.78, 5) is 21.9. The molecule has 0 spiro atoms. The first-order valence-corrected chi connectivity index (χ1v) is 4.69. The fourth-order valence-corrected chi connectivity index (χ4v) is 1.10. The summed E-state index contributed by atoms with van der Waals surface area (Å²) in [5.74, 6) is -0.0746. The zero-order chi connectivity index (χ0) is 11.3. The van der Waals surface area contributed by atoms with Gasteiger partial charge in [0.15, 0.2) is 0 Å². The zero-order valence-corrected chi connectivity index (χ0v) is 8.83. The van der Waals surface area contributed by atoms with Crippen LogP contribution in [0.5, 0.6) is 0 Å². The molecule has 80 valence electrons. The molecule has 0 aliphatic carbocycles. The van der Waals surface area contributed by atoms with Crippen molar-refractivity contribution in [2.75, 3.05) is 11.9 Å². The molecule has 1 aromatic rings. The topological polar surface area (TPSA) is 58.2 Å². The van der Waals surface area contributed by atoms with Crippen molar-refractivity contribution in [3.8, 4) is 0 Å². The molecule has 4 heteroatoms. The molecule has 1 rings (SSSR count). The number of carbonyl (C=O) groups excluding carboxylic acids is 2. The van der Waals surface area contributed by atoms with E-state index in [9.17, 15) is 9.59 Å². The third-order valence-electron chi connectivity index (χ3n) is 1.77. The lowest BCUT2D eigenvalue weighted by atomic mass is 10.2. The number of anilines is 1. The van der Waals surface area contributed by atoms with Crippen LogP contribution in [0, 0.1) is 6.92 Å². The van der Waals surface area contributed by atoms with E-state index in [0.717, 1.165) is 11.3 Å². The largest absolute Gasteiger partial charge is 0.331 e. The van der Waals surface area contributed by atoms with Crippen LogP contribution in [0.25, 0.3) is 0 Å². The molecule has 0 saturated carbocycles. The highest BCUT2D eigenvalue weighted by molar-refractivity contribution is 5.92. The van der Waals surface area contributed by atoms with Gasteiger partial charge in [0.25, 0.3) is 0 Å². The molecule has 2 amide bonds. The van der Waals surface area contributed by atoms with E-state index in [-0.39, 0.29) is 18.4 Å². The van der Waals surface area contributed by atoms with Crippen LogP contribution in [0.4, 0.5) is 10.5 Å². The van der Waals surface area contributed by atoms with Gasteiger partial charge in [0.2, 0.25) is 0 Å². The van der Waals surface area contributed by atoms with Gasteiger partial charge < -0.3 is 10.6 Å². The third kappa shape index (κ3) is 4.26. The van der Waals surface area contributed by atoms with Gasteiger partial charge >= 0.3 is 6.03 Å². The summed E-state index contributed by atoms with van der Waals surface area (Å²) < 4.78 is 0. The van der Waals surface area contributed by atoms with Gasteiger partial charge in [-0.05, 0) is 31.5 Å². The van der Waals surface area contributed by atoms with Crippen molar-refractivity contribution in [3.63, 3.8) is 0 Å². The molecule has 2 N–H and O–H groups in total. The third-order valence-corrected chi connectivity index (χ3v) is 1.77. The van der Waals surface area contributed by atoms with Crippen LogP contribution in [0.15, 0.2) is 24.3 Å². The summed E-state index contributed by atoms with van der Waals surface area (Å²) in [5.41, 5.74) is 1.79. The van der Waals surface area contributed by atoms with Gasteiger partial charge in [-0.1, -0.05) is 12.1 Å². The highest BCUT2D eigenvalue weighted by Gasteiger charge is 2.01. The van der Waals surface area contributed by atoms with Gasteiger partial charge in [-0.15, -0.1) is 0 Å². The molecule has 0 aliphatic rings. The van der Waals surface area contributed by atoms with Crippen LogP contribution in [-0.4, -0.2) is 18.4 Å². The average molecular weight is 206 g/mol. The van der Waals surface area contributed by atoms with Crippen molar-refractivity contribution in [1.29, 1.82) is 0 Å². The number of rotatable bonds is 3. The van der Waals surface area contributed by atoms with Crippen molar-refractivity contribution < 1.29 is 9.59 Å². The van der Waals surface area contributed by atoms with Crippen molar-refractivity contribution in [2.24, 2.45) is 0 Å². The maximum Gasteiger partial charge on any atom is 0.319 e. The van der Waals surface area contributed by atoms with Crippen molar-refractivity contribution in [3.05, 3.63) is 29.8 Å². The lowest BCUT2D eigenvalue weighted by Crippen LogP contribution is -2.32. The summed E-state index contributed by atoms with van der Waals surface area (Å²) >= 11 is 0. The number of Topliss-reactive ketones (excluding diaryl/α,β-unsaturated/α-hetero) is 1. The second-order valence-corrected chi connectivity index (χ2v) is 3.38. The molecule has 0 fully saturated rings. The van der Waals surface area contributed by atoms with E-state index in [2.05, 4.69) is 10.6 Å². The first kappa shape index (κ1) is 11.2. The maximum atomic E-state index is 11.3. The van der Waals surface area contributed by atoms with Crippen LogP contribution in [-0.2, 0) is 4.79 Å². The molecule has 0 aromatic heterocycles. The average Bonchev–Trinajstić information content (AvgIpc) is 2.15. The molecule has 15 heavy (non-hydrogen) atoms. The summed E-state index contributed by atoms with van der Waals surface area (Å²) in [7, 11) is 0. The number of benzene rings is 1. The minimum Gasteiger partial charge on any atom is -0.331 e. The lowest BCUT2D eigenvalue weighted by Gasteiger charge is -2.06. The Labute approximate surface area is 88.7 Å². The summed E-state index contributed by atoms with van der Waals surface area (Å²) in [6.07, 6.45) is 0. The molecular formula is C11H14N2O2. The van der Waals surface area contributed by atoms with E-state index < -0.39 is 0 Å². The number of urea groups is 1. The fraction of sp³-hybridized carbons (Fsp3) is 0.273. The number of nitrogens with one attached hydrogen (secondary N) is 2. The monoisotopic (exact) mass is 206 g/mol. The van der Waals surface area contributed by atoms with Gasteiger partial charge in [-0.3, -0.25) is 4.79 Å². The number of carbonyl (C=O) groups is 2. The number of hydrogen-bond donors (Lipinski definition) is 2. The Morgan fingerprint density at radius 2 is 2.07 bits per heavy atom. The van der Waals surface area contributed by atoms with E-state index in [1.807, 2.05) is 25.1 Å². The van der Waals surface area contributed by atoms with E-state index in [4.69, 9.17) is 0 Å². The van der Waals surface area contributed by atoms with Gasteiger partial charge in [0, 0.05) is 5.69 Å². The predicted octanol–water partition coefficient (Wildman–Crippen LogP) is 1.71. The van der Waals surface area contributed by atoms with E-state index in [0.29, 0.717) is 0 Å². The van der Waals surface area contributed by atoms with Gasteiger partial charge in [0.05, 0.1) is 6.54 Å². The second-order valence-electron chi connectivity index (χ2n) is 3.38. The summed E-state index contributed by atoms with van der Waals surface area (Å²) in [6.45, 7) is 3.42. The number of aryl methyl sites for hydroxylation is 1. The van der Waals surface area contributed by atoms with Gasteiger partial charge in [-0.2, -0.15) is 0 Å². The molecule has 0 saturated heterocycles. The smallest absolute Gasteiger partial charge is 0.319 e. The Morgan fingerprint density at radius 1 is 1.33 bits per heavy atom. The Hall–Kier alpha value is -1.84. The van der Waals surface area contributed by atoms with E-state index in [1.165, 1.54) is 6.92 Å². The van der Waals surface area contributed by atoms with Crippen LogP contribution < -0.4 is 10.6 Å². The molecule has 0 radical (unpaired) electrons. The van der Waals surface area contributed by atoms with Crippen LogP contribution in [0.3, 0.4) is 0 Å². The Morgan fingerprint density at radius 3 is 2.67 bits per heavy atom. The summed E-state index contributed by atoms with van der Waals surface area (Å²) in [5, 5.41) is 5.09. The minimum atomic E-state index is -0.365. The molecule has 1 aromatic carbocycles. The van der Waals surface area contributed by atoms with Gasteiger partial charge in [0.1, 0.15) is 5.78 Å². The number of ketones is 1. The normalized spacial score (nSPS) is 9.47. The van der Waals surface area contributed by atoms with Crippen LogP contribution in [0.2, 0.25) is 0 Å². The first-order chi connectivity index (χ1) is 7.08. The molecule has 0 unspecified atom stereocenters. The van der Waals surface area contributed by atoms with Gasteiger partial charge in [-0.25, -0.2) is 4.79 Å². The maximum absolute atomic E-state index is 11.3. The molecular weight excluding hydrogens is 192 g/mol. The highest BCUT2D eigenvalue weighted by Crippen LogP contribution is 2.08. The van der Waals surface area contributed by atoms with Crippen molar-refractivity contribution in [2.45, 2.75) is 13.8 Å². The highest BCUT2D eigenvalue weighted by atomic mass is 16.2. The quantitative estimate of drug-likeness (QED) is 0.790. The Balaban J connectivity index is 2.48.